The third kappa shape index (κ3) is 3.65. The fourth-order valence-electron chi connectivity index (χ4n) is 5.33. The molecule has 1 aromatic carbocycles. The fourth-order valence-corrected chi connectivity index (χ4v) is 5.33. The second kappa shape index (κ2) is 7.38. The van der Waals surface area contributed by atoms with Crippen molar-refractivity contribution in [2.45, 2.75) is 63.3 Å². The van der Waals surface area contributed by atoms with Crippen LogP contribution in [0.15, 0.2) is 30.3 Å². The minimum absolute atomic E-state index is 0.227. The molecule has 0 N–H and O–H groups in total. The van der Waals surface area contributed by atoms with Crippen LogP contribution in [0.3, 0.4) is 0 Å². The Morgan fingerprint density at radius 1 is 0.960 bits per heavy atom. The SMILES string of the molecule is C[N+]1(C[C@@H]2CO[C@@](c3ccccc3)(C3CCCCC3)O2)CCCCC1. The lowest BCUT2D eigenvalue weighted by atomic mass is 9.80. The number of rotatable bonds is 4. The van der Waals surface area contributed by atoms with Crippen molar-refractivity contribution < 1.29 is 14.0 Å². The van der Waals surface area contributed by atoms with Crippen molar-refractivity contribution in [1.82, 2.24) is 0 Å². The van der Waals surface area contributed by atoms with E-state index in [1.165, 1.54) is 70.0 Å². The van der Waals surface area contributed by atoms with Gasteiger partial charge in [0.2, 0.25) is 0 Å². The lowest BCUT2D eigenvalue weighted by molar-refractivity contribution is -0.916. The molecular formula is C22H34NO2+. The van der Waals surface area contributed by atoms with Gasteiger partial charge in [-0.3, -0.25) is 0 Å². The first-order valence-corrected chi connectivity index (χ1v) is 10.4. The molecule has 0 bridgehead atoms. The van der Waals surface area contributed by atoms with E-state index in [-0.39, 0.29) is 6.10 Å². The van der Waals surface area contributed by atoms with Crippen LogP contribution in [-0.2, 0) is 15.3 Å². The molecule has 4 rings (SSSR count). The van der Waals surface area contributed by atoms with Gasteiger partial charge >= 0.3 is 0 Å². The summed E-state index contributed by atoms with van der Waals surface area (Å²) < 4.78 is 14.5. The summed E-state index contributed by atoms with van der Waals surface area (Å²) in [6.45, 7) is 4.43. The molecule has 2 saturated heterocycles. The van der Waals surface area contributed by atoms with Gasteiger partial charge < -0.3 is 14.0 Å². The van der Waals surface area contributed by atoms with E-state index in [0.717, 1.165) is 17.6 Å². The van der Waals surface area contributed by atoms with Crippen molar-refractivity contribution in [3.05, 3.63) is 35.9 Å². The van der Waals surface area contributed by atoms with Crippen molar-refractivity contribution in [3.63, 3.8) is 0 Å². The van der Waals surface area contributed by atoms with Gasteiger partial charge in [0, 0.05) is 11.5 Å². The Morgan fingerprint density at radius 2 is 1.64 bits per heavy atom. The molecule has 2 atom stereocenters. The molecule has 3 heteroatoms. The van der Waals surface area contributed by atoms with Crippen LogP contribution in [0.25, 0.3) is 0 Å². The standard InChI is InChI=1S/C22H34NO2/c1-23(15-9-4-10-16-23)17-21-18-24-22(25-21,19-11-5-2-6-12-19)20-13-7-3-8-14-20/h2,5-6,11-12,20-21H,3-4,7-10,13-18H2,1H3/q+1/t21-,22-/m1/s1. The molecule has 0 radical (unpaired) electrons. The molecule has 3 aliphatic rings. The second-order valence-electron chi connectivity index (χ2n) is 8.73. The average molecular weight is 345 g/mol. The molecule has 0 amide bonds. The Morgan fingerprint density at radius 3 is 2.36 bits per heavy atom. The number of hydrogen-bond donors (Lipinski definition) is 0. The maximum Gasteiger partial charge on any atom is 0.198 e. The molecule has 1 saturated carbocycles. The topological polar surface area (TPSA) is 18.5 Å². The summed E-state index contributed by atoms with van der Waals surface area (Å²) in [6.07, 6.45) is 10.8. The maximum atomic E-state index is 6.80. The average Bonchev–Trinajstić information content (AvgIpc) is 3.08. The van der Waals surface area contributed by atoms with Gasteiger partial charge in [-0.1, -0.05) is 49.6 Å². The quantitative estimate of drug-likeness (QED) is 0.751. The van der Waals surface area contributed by atoms with E-state index in [0.29, 0.717) is 5.92 Å². The minimum Gasteiger partial charge on any atom is -0.343 e. The van der Waals surface area contributed by atoms with E-state index in [4.69, 9.17) is 9.47 Å². The highest BCUT2D eigenvalue weighted by atomic mass is 16.7. The van der Waals surface area contributed by atoms with Crippen molar-refractivity contribution in [3.8, 4) is 0 Å². The summed E-state index contributed by atoms with van der Waals surface area (Å²) in [6, 6.07) is 10.7. The predicted molar refractivity (Wildman–Crippen MR) is 100 cm³/mol. The van der Waals surface area contributed by atoms with Gasteiger partial charge in [0.05, 0.1) is 26.7 Å². The number of ether oxygens (including phenoxy) is 2. The summed E-state index contributed by atoms with van der Waals surface area (Å²) in [7, 11) is 2.41. The molecule has 0 spiro atoms. The Bertz CT molecular complexity index is 548. The van der Waals surface area contributed by atoms with Gasteiger partial charge in [0.25, 0.3) is 0 Å². The van der Waals surface area contributed by atoms with Crippen molar-refractivity contribution in [2.24, 2.45) is 5.92 Å². The van der Waals surface area contributed by atoms with Gasteiger partial charge in [0.15, 0.2) is 5.79 Å². The highest BCUT2D eigenvalue weighted by Crippen LogP contribution is 2.47. The van der Waals surface area contributed by atoms with Crippen LogP contribution in [0, 0.1) is 5.92 Å². The van der Waals surface area contributed by atoms with E-state index in [1.54, 1.807) is 0 Å². The van der Waals surface area contributed by atoms with Crippen LogP contribution in [-0.4, -0.2) is 43.9 Å². The molecule has 0 unspecified atom stereocenters. The fraction of sp³-hybridized carbons (Fsp3) is 0.727. The monoisotopic (exact) mass is 344 g/mol. The third-order valence-electron chi connectivity index (χ3n) is 6.68. The summed E-state index contributed by atoms with van der Waals surface area (Å²) in [5, 5.41) is 0. The Balaban J connectivity index is 1.53. The highest BCUT2D eigenvalue weighted by Gasteiger charge is 2.50. The third-order valence-corrected chi connectivity index (χ3v) is 6.68. The Labute approximate surface area is 152 Å². The number of nitrogens with zero attached hydrogens (tertiary/aromatic N) is 1. The Kier molecular flexibility index (Phi) is 5.17. The van der Waals surface area contributed by atoms with Gasteiger partial charge in [-0.2, -0.15) is 0 Å². The zero-order valence-electron chi connectivity index (χ0n) is 15.8. The van der Waals surface area contributed by atoms with Crippen molar-refractivity contribution >= 4 is 0 Å². The van der Waals surface area contributed by atoms with Gasteiger partial charge in [-0.05, 0) is 32.1 Å². The predicted octanol–water partition coefficient (Wildman–Crippen LogP) is 4.47. The van der Waals surface area contributed by atoms with Crippen molar-refractivity contribution in [1.29, 1.82) is 0 Å². The van der Waals surface area contributed by atoms with Crippen molar-refractivity contribution in [2.75, 3.05) is 33.3 Å². The molecule has 0 aromatic heterocycles. The summed E-state index contributed by atoms with van der Waals surface area (Å²) in [4.78, 5) is 0. The molecule has 2 aliphatic heterocycles. The van der Waals surface area contributed by atoms with Crippen LogP contribution >= 0.6 is 0 Å². The minimum atomic E-state index is -0.499. The first-order valence-electron chi connectivity index (χ1n) is 10.4. The van der Waals surface area contributed by atoms with Gasteiger partial charge in [0.1, 0.15) is 12.6 Å². The lowest BCUT2D eigenvalue weighted by Crippen LogP contribution is -2.52. The van der Waals surface area contributed by atoms with E-state index in [1.807, 2.05) is 0 Å². The number of likely N-dealkylation sites (tertiary alicyclic amines) is 1. The van der Waals surface area contributed by atoms with E-state index >= 15 is 0 Å². The smallest absolute Gasteiger partial charge is 0.198 e. The molecule has 2 heterocycles. The number of benzene rings is 1. The maximum absolute atomic E-state index is 6.80. The number of likely N-dealkylation sites (N-methyl/N-ethyl adjacent to an activating group) is 1. The molecule has 25 heavy (non-hydrogen) atoms. The number of piperidine rings is 1. The molecular weight excluding hydrogens is 310 g/mol. The summed E-state index contributed by atoms with van der Waals surface area (Å²) in [5.74, 6) is 0.00157. The van der Waals surface area contributed by atoms with Gasteiger partial charge in [-0.25, -0.2) is 0 Å². The molecule has 3 nitrogen and oxygen atoms in total. The number of hydrogen-bond acceptors (Lipinski definition) is 2. The molecule has 1 aliphatic carbocycles. The first-order chi connectivity index (χ1) is 12.2. The number of quaternary nitrogens is 1. The highest BCUT2D eigenvalue weighted by molar-refractivity contribution is 5.22. The Hall–Kier alpha value is -0.900. The second-order valence-corrected chi connectivity index (χ2v) is 8.73. The summed E-state index contributed by atoms with van der Waals surface area (Å²) in [5.41, 5.74) is 1.23. The van der Waals surface area contributed by atoms with Crippen LogP contribution in [0.4, 0.5) is 0 Å². The van der Waals surface area contributed by atoms with Crippen LogP contribution in [0.1, 0.15) is 56.9 Å². The summed E-state index contributed by atoms with van der Waals surface area (Å²) >= 11 is 0. The van der Waals surface area contributed by atoms with Crippen LogP contribution in [0.5, 0.6) is 0 Å². The molecule has 1 aromatic rings. The van der Waals surface area contributed by atoms with E-state index < -0.39 is 5.79 Å². The van der Waals surface area contributed by atoms with E-state index in [2.05, 4.69) is 37.4 Å². The molecule has 138 valence electrons. The normalized spacial score (nSPS) is 33.4. The largest absolute Gasteiger partial charge is 0.343 e. The van der Waals surface area contributed by atoms with E-state index in [9.17, 15) is 0 Å². The van der Waals surface area contributed by atoms with Crippen LogP contribution < -0.4 is 0 Å². The first kappa shape index (κ1) is 17.5. The lowest BCUT2D eigenvalue weighted by Gasteiger charge is -2.41. The van der Waals surface area contributed by atoms with Gasteiger partial charge in [-0.15, -0.1) is 0 Å². The van der Waals surface area contributed by atoms with Crippen LogP contribution in [0.2, 0.25) is 0 Å². The molecule has 3 fully saturated rings. The zero-order valence-corrected chi connectivity index (χ0v) is 15.8. The zero-order chi connectivity index (χ0) is 17.2.